The van der Waals surface area contributed by atoms with Crippen LogP contribution in [0.15, 0.2) is 0 Å². The molecule has 1 aliphatic rings. The van der Waals surface area contributed by atoms with Crippen LogP contribution in [-0.2, 0) is 0 Å². The van der Waals surface area contributed by atoms with E-state index in [-0.39, 0.29) is 6.04 Å². The standard InChI is InChI=1S/C9H17F3N2/c1-6-4-8(5-14(6)3)13-7(2)9(10,11)12/h6-8,13H,4-5H2,1-3H3. The van der Waals surface area contributed by atoms with Crippen LogP contribution in [-0.4, -0.2) is 42.8 Å². The van der Waals surface area contributed by atoms with Gasteiger partial charge in [0.15, 0.2) is 0 Å². The van der Waals surface area contributed by atoms with Crippen molar-refractivity contribution in [3.8, 4) is 0 Å². The number of alkyl halides is 3. The van der Waals surface area contributed by atoms with E-state index < -0.39 is 12.2 Å². The van der Waals surface area contributed by atoms with E-state index in [0.29, 0.717) is 12.6 Å². The van der Waals surface area contributed by atoms with Gasteiger partial charge in [0.1, 0.15) is 6.04 Å². The predicted octanol–water partition coefficient (Wildman–Crippen LogP) is 1.62. The van der Waals surface area contributed by atoms with Gasteiger partial charge in [0.2, 0.25) is 0 Å². The Bertz CT molecular complexity index is 183. The van der Waals surface area contributed by atoms with Gasteiger partial charge in [0, 0.05) is 18.6 Å². The highest BCUT2D eigenvalue weighted by Crippen LogP contribution is 2.22. The second-order valence-electron chi connectivity index (χ2n) is 4.15. The Labute approximate surface area is 82.5 Å². The second-order valence-corrected chi connectivity index (χ2v) is 4.15. The Morgan fingerprint density at radius 3 is 2.36 bits per heavy atom. The average molecular weight is 210 g/mol. The summed E-state index contributed by atoms with van der Waals surface area (Å²) >= 11 is 0. The molecule has 0 spiro atoms. The first-order valence-corrected chi connectivity index (χ1v) is 4.83. The quantitative estimate of drug-likeness (QED) is 0.745. The molecule has 1 heterocycles. The highest BCUT2D eigenvalue weighted by atomic mass is 19.4. The molecule has 1 aliphatic heterocycles. The number of nitrogens with zero attached hydrogens (tertiary/aromatic N) is 1. The summed E-state index contributed by atoms with van der Waals surface area (Å²) in [5.74, 6) is 0. The van der Waals surface area contributed by atoms with Crippen molar-refractivity contribution >= 4 is 0 Å². The lowest BCUT2D eigenvalue weighted by atomic mass is 10.1. The maximum atomic E-state index is 12.2. The maximum absolute atomic E-state index is 12.2. The zero-order valence-corrected chi connectivity index (χ0v) is 8.73. The molecule has 3 unspecified atom stereocenters. The van der Waals surface area contributed by atoms with Gasteiger partial charge in [0.25, 0.3) is 0 Å². The van der Waals surface area contributed by atoms with Crippen molar-refractivity contribution in [2.75, 3.05) is 13.6 Å². The van der Waals surface area contributed by atoms with Crippen molar-refractivity contribution in [1.82, 2.24) is 10.2 Å². The van der Waals surface area contributed by atoms with Gasteiger partial charge in [-0.05, 0) is 27.3 Å². The van der Waals surface area contributed by atoms with Crippen LogP contribution in [0.5, 0.6) is 0 Å². The first-order valence-electron chi connectivity index (χ1n) is 4.83. The number of likely N-dealkylation sites (tertiary alicyclic amines) is 1. The number of nitrogens with one attached hydrogen (secondary N) is 1. The van der Waals surface area contributed by atoms with Crippen LogP contribution in [0.1, 0.15) is 20.3 Å². The van der Waals surface area contributed by atoms with Crippen molar-refractivity contribution in [2.24, 2.45) is 0 Å². The molecule has 3 atom stereocenters. The summed E-state index contributed by atoms with van der Waals surface area (Å²) in [5, 5.41) is 2.61. The van der Waals surface area contributed by atoms with Gasteiger partial charge in [-0.2, -0.15) is 13.2 Å². The predicted molar refractivity (Wildman–Crippen MR) is 49.1 cm³/mol. The molecule has 0 radical (unpaired) electrons. The summed E-state index contributed by atoms with van der Waals surface area (Å²) in [6, 6.07) is -1.08. The minimum absolute atomic E-state index is 0.0355. The molecule has 1 saturated heterocycles. The van der Waals surface area contributed by atoms with Crippen molar-refractivity contribution in [1.29, 1.82) is 0 Å². The fourth-order valence-corrected chi connectivity index (χ4v) is 1.76. The molecule has 0 aromatic heterocycles. The first-order chi connectivity index (χ1) is 6.30. The van der Waals surface area contributed by atoms with Gasteiger partial charge >= 0.3 is 6.18 Å². The third kappa shape index (κ3) is 2.85. The maximum Gasteiger partial charge on any atom is 0.403 e. The van der Waals surface area contributed by atoms with Crippen LogP contribution in [0.4, 0.5) is 13.2 Å². The van der Waals surface area contributed by atoms with E-state index in [1.54, 1.807) is 0 Å². The summed E-state index contributed by atoms with van der Waals surface area (Å²) in [6.45, 7) is 3.89. The Balaban J connectivity index is 2.40. The lowest BCUT2D eigenvalue weighted by Crippen LogP contribution is -2.46. The third-order valence-corrected chi connectivity index (χ3v) is 2.86. The van der Waals surface area contributed by atoms with E-state index in [4.69, 9.17) is 0 Å². The highest BCUT2D eigenvalue weighted by Gasteiger charge is 2.38. The minimum atomic E-state index is -4.13. The summed E-state index contributed by atoms with van der Waals surface area (Å²) < 4.78 is 36.7. The summed E-state index contributed by atoms with van der Waals surface area (Å²) in [7, 11) is 1.94. The molecule has 0 aromatic carbocycles. The molecule has 0 saturated carbocycles. The Morgan fingerprint density at radius 2 is 2.00 bits per heavy atom. The van der Waals surface area contributed by atoms with Gasteiger partial charge in [0.05, 0.1) is 0 Å². The Kier molecular flexibility index (Phi) is 3.42. The van der Waals surface area contributed by atoms with Gasteiger partial charge < -0.3 is 10.2 Å². The van der Waals surface area contributed by atoms with Crippen LogP contribution < -0.4 is 5.32 Å². The van der Waals surface area contributed by atoms with Crippen LogP contribution in [0.3, 0.4) is 0 Å². The van der Waals surface area contributed by atoms with E-state index in [9.17, 15) is 13.2 Å². The number of halogens is 3. The van der Waals surface area contributed by atoms with E-state index in [1.165, 1.54) is 6.92 Å². The van der Waals surface area contributed by atoms with E-state index >= 15 is 0 Å². The normalized spacial score (nSPS) is 32.1. The number of hydrogen-bond acceptors (Lipinski definition) is 2. The van der Waals surface area contributed by atoms with E-state index in [1.807, 2.05) is 14.0 Å². The molecule has 2 nitrogen and oxygen atoms in total. The lowest BCUT2D eigenvalue weighted by Gasteiger charge is -2.21. The van der Waals surface area contributed by atoms with E-state index in [0.717, 1.165) is 6.42 Å². The first kappa shape index (κ1) is 11.8. The molecule has 84 valence electrons. The molecule has 0 bridgehead atoms. The average Bonchev–Trinajstić information content (AvgIpc) is 2.29. The van der Waals surface area contributed by atoms with Crippen LogP contribution >= 0.6 is 0 Å². The molecule has 0 aromatic rings. The Morgan fingerprint density at radius 1 is 1.43 bits per heavy atom. The summed E-state index contributed by atoms with van der Waals surface area (Å²) in [6.07, 6.45) is -3.35. The zero-order valence-electron chi connectivity index (χ0n) is 8.73. The lowest BCUT2D eigenvalue weighted by molar-refractivity contribution is -0.153. The van der Waals surface area contributed by atoms with Gasteiger partial charge in [-0.15, -0.1) is 0 Å². The van der Waals surface area contributed by atoms with Gasteiger partial charge in [-0.3, -0.25) is 0 Å². The van der Waals surface area contributed by atoms with Crippen molar-refractivity contribution in [3.05, 3.63) is 0 Å². The number of hydrogen-bond donors (Lipinski definition) is 1. The van der Waals surface area contributed by atoms with Crippen LogP contribution in [0.2, 0.25) is 0 Å². The van der Waals surface area contributed by atoms with E-state index in [2.05, 4.69) is 10.2 Å². The largest absolute Gasteiger partial charge is 0.403 e. The smallest absolute Gasteiger partial charge is 0.302 e. The zero-order chi connectivity index (χ0) is 10.9. The molecule has 0 amide bonds. The summed E-state index contributed by atoms with van der Waals surface area (Å²) in [4.78, 5) is 2.07. The van der Waals surface area contributed by atoms with Crippen molar-refractivity contribution < 1.29 is 13.2 Å². The fraction of sp³-hybridized carbons (Fsp3) is 1.00. The molecular formula is C9H17F3N2. The molecule has 1 fully saturated rings. The SMILES string of the molecule is CC1CC(NC(C)C(F)(F)F)CN1C. The van der Waals surface area contributed by atoms with Crippen molar-refractivity contribution in [2.45, 2.75) is 44.6 Å². The van der Waals surface area contributed by atoms with Crippen LogP contribution in [0.25, 0.3) is 0 Å². The van der Waals surface area contributed by atoms with Gasteiger partial charge in [-0.1, -0.05) is 0 Å². The molecular weight excluding hydrogens is 193 g/mol. The number of likely N-dealkylation sites (N-methyl/N-ethyl adjacent to an activating group) is 1. The minimum Gasteiger partial charge on any atom is -0.302 e. The molecule has 1 rings (SSSR count). The molecule has 1 N–H and O–H groups in total. The second kappa shape index (κ2) is 4.06. The number of rotatable bonds is 2. The van der Waals surface area contributed by atoms with Crippen LogP contribution in [0, 0.1) is 0 Å². The van der Waals surface area contributed by atoms with Crippen molar-refractivity contribution in [3.63, 3.8) is 0 Å². The topological polar surface area (TPSA) is 15.3 Å². The third-order valence-electron chi connectivity index (χ3n) is 2.86. The summed E-state index contributed by atoms with van der Waals surface area (Å²) in [5.41, 5.74) is 0. The van der Waals surface area contributed by atoms with Gasteiger partial charge in [-0.25, -0.2) is 0 Å². The monoisotopic (exact) mass is 210 g/mol. The fourth-order valence-electron chi connectivity index (χ4n) is 1.76. The highest BCUT2D eigenvalue weighted by molar-refractivity contribution is 4.87. The molecule has 5 heteroatoms. The molecule has 14 heavy (non-hydrogen) atoms. The molecule has 0 aliphatic carbocycles. The Hall–Kier alpha value is -0.290.